The van der Waals surface area contributed by atoms with Crippen molar-refractivity contribution in [3.8, 4) is 56.2 Å². The van der Waals surface area contributed by atoms with Crippen molar-refractivity contribution in [1.29, 1.82) is 0 Å². The van der Waals surface area contributed by atoms with Crippen molar-refractivity contribution in [2.75, 3.05) is 0 Å². The Kier molecular flexibility index (Phi) is 7.81. The number of hydrogen-bond acceptors (Lipinski definition) is 4. The standard InChI is InChI=1S/C49H33N3S/c1-4-13-32(14-5-1)33-23-25-34(26-24-33)35-27-29-36(30-28-35)43-31-44-45(40-20-11-10-19-39(40)43)41-21-12-22-42(46(41)53-44)49-51-47(37-15-6-2-7-16-37)50-48(52-49)38-17-8-3-9-18-38/h1-11,13-20,22-31H,12,21H2. The molecule has 0 spiro atoms. The van der Waals surface area contributed by atoms with Crippen molar-refractivity contribution < 1.29 is 0 Å². The second-order valence-corrected chi connectivity index (χ2v) is 14.5. The van der Waals surface area contributed by atoms with E-state index in [1.165, 1.54) is 64.7 Å². The zero-order valence-corrected chi connectivity index (χ0v) is 29.7. The third kappa shape index (κ3) is 5.74. The molecule has 0 amide bonds. The van der Waals surface area contributed by atoms with Gasteiger partial charge in [-0.25, -0.2) is 15.0 Å². The van der Waals surface area contributed by atoms with E-state index in [0.717, 1.165) is 35.4 Å². The van der Waals surface area contributed by atoms with Gasteiger partial charge in [0.2, 0.25) is 0 Å². The summed E-state index contributed by atoms with van der Waals surface area (Å²) in [6, 6.07) is 60.2. The quantitative estimate of drug-likeness (QED) is 0.174. The number of allylic oxidation sites excluding steroid dienone is 1. The van der Waals surface area contributed by atoms with E-state index >= 15 is 0 Å². The van der Waals surface area contributed by atoms with Gasteiger partial charge in [0.25, 0.3) is 0 Å². The van der Waals surface area contributed by atoms with Gasteiger partial charge >= 0.3 is 0 Å². The largest absolute Gasteiger partial charge is 0.208 e. The fourth-order valence-corrected chi connectivity index (χ4v) is 8.97. The van der Waals surface area contributed by atoms with Gasteiger partial charge in [-0.15, -0.1) is 11.3 Å². The first kappa shape index (κ1) is 31.3. The van der Waals surface area contributed by atoms with E-state index in [2.05, 4.69) is 140 Å². The second-order valence-electron chi connectivity index (χ2n) is 13.5. The van der Waals surface area contributed by atoms with Crippen LogP contribution in [0.1, 0.15) is 22.7 Å². The van der Waals surface area contributed by atoms with Crippen LogP contribution in [0.15, 0.2) is 176 Å². The molecule has 53 heavy (non-hydrogen) atoms. The fourth-order valence-electron chi connectivity index (χ4n) is 7.62. The Bertz CT molecular complexity index is 2730. The van der Waals surface area contributed by atoms with Gasteiger partial charge < -0.3 is 0 Å². The highest BCUT2D eigenvalue weighted by atomic mass is 32.1. The smallest absolute Gasteiger partial charge is 0.165 e. The van der Waals surface area contributed by atoms with E-state index in [9.17, 15) is 0 Å². The van der Waals surface area contributed by atoms with Crippen molar-refractivity contribution in [2.24, 2.45) is 0 Å². The van der Waals surface area contributed by atoms with Crippen LogP contribution in [0.5, 0.6) is 0 Å². The molecule has 0 unspecified atom stereocenters. The highest BCUT2D eigenvalue weighted by Crippen LogP contribution is 2.47. The van der Waals surface area contributed by atoms with Crippen molar-refractivity contribution in [3.63, 3.8) is 0 Å². The Morgan fingerprint density at radius 2 is 0.868 bits per heavy atom. The molecule has 0 radical (unpaired) electrons. The Morgan fingerprint density at radius 1 is 0.415 bits per heavy atom. The van der Waals surface area contributed by atoms with Gasteiger partial charge in [0, 0.05) is 31.7 Å². The summed E-state index contributed by atoms with van der Waals surface area (Å²) in [6.45, 7) is 0. The van der Waals surface area contributed by atoms with Crippen LogP contribution in [0.25, 0.3) is 82.6 Å². The lowest BCUT2D eigenvalue weighted by atomic mass is 9.90. The van der Waals surface area contributed by atoms with Crippen LogP contribution in [0.4, 0.5) is 0 Å². The maximum atomic E-state index is 5.12. The van der Waals surface area contributed by atoms with Gasteiger partial charge in [0.15, 0.2) is 17.5 Å². The topological polar surface area (TPSA) is 38.7 Å². The molecule has 0 saturated carbocycles. The summed E-state index contributed by atoms with van der Waals surface area (Å²) < 4.78 is 1.29. The maximum Gasteiger partial charge on any atom is 0.165 e. The molecule has 250 valence electrons. The molecule has 0 atom stereocenters. The normalized spacial score (nSPS) is 12.5. The van der Waals surface area contributed by atoms with Crippen LogP contribution in [0.2, 0.25) is 0 Å². The Labute approximate surface area is 312 Å². The van der Waals surface area contributed by atoms with E-state index in [4.69, 9.17) is 15.0 Å². The number of aromatic nitrogens is 3. The van der Waals surface area contributed by atoms with Crippen LogP contribution in [-0.4, -0.2) is 15.0 Å². The van der Waals surface area contributed by atoms with E-state index < -0.39 is 0 Å². The lowest BCUT2D eigenvalue weighted by Gasteiger charge is -2.15. The van der Waals surface area contributed by atoms with Crippen molar-refractivity contribution in [3.05, 3.63) is 192 Å². The summed E-state index contributed by atoms with van der Waals surface area (Å²) in [7, 11) is 0. The number of hydrogen-bond donors (Lipinski definition) is 0. The lowest BCUT2D eigenvalue weighted by Crippen LogP contribution is -2.06. The van der Waals surface area contributed by atoms with Crippen molar-refractivity contribution in [2.45, 2.75) is 12.8 Å². The average molecular weight is 696 g/mol. The van der Waals surface area contributed by atoms with Gasteiger partial charge in [0.1, 0.15) is 0 Å². The average Bonchev–Trinajstić information content (AvgIpc) is 3.63. The molecule has 2 aromatic heterocycles. The molecule has 10 rings (SSSR count). The predicted octanol–water partition coefficient (Wildman–Crippen LogP) is 13.0. The van der Waals surface area contributed by atoms with E-state index in [1.807, 2.05) is 47.7 Å². The van der Waals surface area contributed by atoms with Crippen LogP contribution in [-0.2, 0) is 6.42 Å². The van der Waals surface area contributed by atoms with Crippen molar-refractivity contribution >= 4 is 37.8 Å². The molecule has 3 nitrogen and oxygen atoms in total. The molecule has 0 bridgehead atoms. The Balaban J connectivity index is 1.06. The molecular weight excluding hydrogens is 663 g/mol. The molecule has 7 aromatic carbocycles. The zero-order valence-electron chi connectivity index (χ0n) is 28.9. The predicted molar refractivity (Wildman–Crippen MR) is 222 cm³/mol. The molecule has 1 aliphatic rings. The number of aryl methyl sites for hydroxylation is 1. The summed E-state index contributed by atoms with van der Waals surface area (Å²) in [5.74, 6) is 2.10. The van der Waals surface area contributed by atoms with E-state index in [0.29, 0.717) is 11.6 Å². The van der Waals surface area contributed by atoms with Crippen LogP contribution >= 0.6 is 11.3 Å². The summed E-state index contributed by atoms with van der Waals surface area (Å²) in [5, 5.41) is 3.92. The molecule has 1 aliphatic carbocycles. The molecular formula is C49H33N3S. The highest BCUT2D eigenvalue weighted by molar-refractivity contribution is 7.20. The summed E-state index contributed by atoms with van der Waals surface area (Å²) in [6.07, 6.45) is 4.25. The second kappa shape index (κ2) is 13.2. The summed E-state index contributed by atoms with van der Waals surface area (Å²) in [5.41, 5.74) is 11.8. The highest BCUT2D eigenvalue weighted by Gasteiger charge is 2.25. The molecule has 0 N–H and O–H groups in total. The number of nitrogens with zero attached hydrogens (tertiary/aromatic N) is 3. The first-order chi connectivity index (χ1) is 26.3. The number of benzene rings is 7. The first-order valence-corrected chi connectivity index (χ1v) is 18.9. The molecule has 4 heteroatoms. The fraction of sp³-hybridized carbons (Fsp3) is 0.0408. The van der Waals surface area contributed by atoms with Gasteiger partial charge in [-0.2, -0.15) is 0 Å². The SMILES string of the molecule is C1=C(c2nc(-c3ccccc3)nc(-c3ccccc3)n2)c2sc3cc(-c4ccc(-c5ccc(-c6ccccc6)cc5)cc4)c4ccccc4c3c2CC1. The van der Waals surface area contributed by atoms with Gasteiger partial charge in [0.05, 0.1) is 0 Å². The van der Waals surface area contributed by atoms with Crippen molar-refractivity contribution in [1.82, 2.24) is 15.0 Å². The Morgan fingerprint density at radius 3 is 1.43 bits per heavy atom. The monoisotopic (exact) mass is 695 g/mol. The summed E-state index contributed by atoms with van der Waals surface area (Å²) >= 11 is 1.86. The van der Waals surface area contributed by atoms with Crippen LogP contribution < -0.4 is 0 Å². The van der Waals surface area contributed by atoms with Gasteiger partial charge in [-0.3, -0.25) is 0 Å². The van der Waals surface area contributed by atoms with E-state index in [-0.39, 0.29) is 0 Å². The number of thiophene rings is 1. The molecule has 0 aliphatic heterocycles. The summed E-state index contributed by atoms with van der Waals surface area (Å²) in [4.78, 5) is 16.4. The van der Waals surface area contributed by atoms with Crippen LogP contribution in [0, 0.1) is 0 Å². The van der Waals surface area contributed by atoms with E-state index in [1.54, 1.807) is 0 Å². The first-order valence-electron chi connectivity index (χ1n) is 18.1. The minimum atomic E-state index is 0.687. The molecule has 0 saturated heterocycles. The minimum Gasteiger partial charge on any atom is -0.208 e. The molecule has 9 aromatic rings. The van der Waals surface area contributed by atoms with Crippen LogP contribution in [0.3, 0.4) is 0 Å². The zero-order chi connectivity index (χ0) is 35.1. The maximum absolute atomic E-state index is 5.12. The number of rotatable bonds is 6. The molecule has 2 heterocycles. The Hall–Kier alpha value is -6.49. The molecule has 0 fully saturated rings. The minimum absolute atomic E-state index is 0.687. The van der Waals surface area contributed by atoms with Gasteiger partial charge in [-0.1, -0.05) is 170 Å². The third-order valence-corrected chi connectivity index (χ3v) is 11.5. The van der Waals surface area contributed by atoms with Gasteiger partial charge in [-0.05, 0) is 68.6 Å². The lowest BCUT2D eigenvalue weighted by molar-refractivity contribution is 0.978. The third-order valence-electron chi connectivity index (χ3n) is 10.2. The number of fused-ring (bicyclic) bond motifs is 5.